The Kier molecular flexibility index (Phi) is 8.76. The fourth-order valence-corrected chi connectivity index (χ4v) is 1.89. The van der Waals surface area contributed by atoms with Crippen LogP contribution in [0.25, 0.3) is 0 Å². The molecule has 2 N–H and O–H groups in total. The standard InChI is InChI=1S/C15H18ClN5.HI/c1-17-15(21-11-13-4-2-3-8-18-13)19-9-7-12-5-6-14(16)20-10-12;/h2-6,8,10H,7,9,11H2,1H3,(H2,17,19,21);1H. The molecule has 0 aliphatic heterocycles. The summed E-state index contributed by atoms with van der Waals surface area (Å²) in [4.78, 5) is 12.5. The quantitative estimate of drug-likeness (QED) is 0.331. The maximum absolute atomic E-state index is 5.76. The van der Waals surface area contributed by atoms with Crippen molar-refractivity contribution in [3.63, 3.8) is 0 Å². The highest BCUT2D eigenvalue weighted by atomic mass is 127. The van der Waals surface area contributed by atoms with Crippen molar-refractivity contribution in [1.82, 2.24) is 20.6 Å². The number of aromatic nitrogens is 2. The van der Waals surface area contributed by atoms with E-state index in [1.54, 1.807) is 25.5 Å². The smallest absolute Gasteiger partial charge is 0.191 e. The van der Waals surface area contributed by atoms with Crippen molar-refractivity contribution in [1.29, 1.82) is 0 Å². The van der Waals surface area contributed by atoms with Gasteiger partial charge in [0.25, 0.3) is 0 Å². The first-order valence-corrected chi connectivity index (χ1v) is 7.10. The van der Waals surface area contributed by atoms with Gasteiger partial charge in [-0.1, -0.05) is 23.7 Å². The largest absolute Gasteiger partial charge is 0.356 e. The van der Waals surface area contributed by atoms with Gasteiger partial charge in [0.2, 0.25) is 0 Å². The lowest BCUT2D eigenvalue weighted by Gasteiger charge is -2.11. The van der Waals surface area contributed by atoms with Crippen LogP contribution in [-0.2, 0) is 13.0 Å². The Hall–Kier alpha value is -1.41. The fourth-order valence-electron chi connectivity index (χ4n) is 1.78. The monoisotopic (exact) mass is 431 g/mol. The van der Waals surface area contributed by atoms with Crippen LogP contribution in [0.1, 0.15) is 11.3 Å². The number of aliphatic imine (C=N–C) groups is 1. The molecule has 2 rings (SSSR count). The molecule has 2 heterocycles. The van der Waals surface area contributed by atoms with Crippen LogP contribution in [0.4, 0.5) is 0 Å². The topological polar surface area (TPSA) is 62.2 Å². The summed E-state index contributed by atoms with van der Waals surface area (Å²) >= 11 is 5.76. The van der Waals surface area contributed by atoms with Crippen molar-refractivity contribution >= 4 is 41.5 Å². The molecule has 5 nitrogen and oxygen atoms in total. The van der Waals surface area contributed by atoms with Gasteiger partial charge in [-0.2, -0.15) is 0 Å². The van der Waals surface area contributed by atoms with Gasteiger partial charge in [-0.05, 0) is 30.2 Å². The molecule has 22 heavy (non-hydrogen) atoms. The van der Waals surface area contributed by atoms with Crippen LogP contribution in [0.5, 0.6) is 0 Å². The van der Waals surface area contributed by atoms with E-state index in [9.17, 15) is 0 Å². The predicted octanol–water partition coefficient (Wildman–Crippen LogP) is 2.66. The lowest BCUT2D eigenvalue weighted by Crippen LogP contribution is -2.38. The van der Waals surface area contributed by atoms with E-state index in [4.69, 9.17) is 11.6 Å². The van der Waals surface area contributed by atoms with Crippen LogP contribution in [0.15, 0.2) is 47.7 Å². The van der Waals surface area contributed by atoms with Crippen molar-refractivity contribution < 1.29 is 0 Å². The normalized spacial score (nSPS) is 10.7. The van der Waals surface area contributed by atoms with Gasteiger partial charge in [0.15, 0.2) is 5.96 Å². The summed E-state index contributed by atoms with van der Waals surface area (Å²) in [6.07, 6.45) is 4.42. The Bertz CT molecular complexity index is 574. The lowest BCUT2D eigenvalue weighted by atomic mass is 10.2. The van der Waals surface area contributed by atoms with Gasteiger partial charge in [0.05, 0.1) is 12.2 Å². The highest BCUT2D eigenvalue weighted by molar-refractivity contribution is 14.0. The van der Waals surface area contributed by atoms with Gasteiger partial charge in [0, 0.05) is 26.0 Å². The molecule has 0 bridgehead atoms. The maximum atomic E-state index is 5.76. The summed E-state index contributed by atoms with van der Waals surface area (Å²) in [6, 6.07) is 9.61. The molecule has 0 aliphatic carbocycles. The minimum Gasteiger partial charge on any atom is -0.356 e. The second-order valence-electron chi connectivity index (χ2n) is 4.41. The third kappa shape index (κ3) is 6.57. The summed E-state index contributed by atoms with van der Waals surface area (Å²) in [5.74, 6) is 0.752. The second-order valence-corrected chi connectivity index (χ2v) is 4.80. The van der Waals surface area contributed by atoms with Crippen LogP contribution in [0, 0.1) is 0 Å². The van der Waals surface area contributed by atoms with Crippen molar-refractivity contribution in [2.75, 3.05) is 13.6 Å². The van der Waals surface area contributed by atoms with Gasteiger partial charge < -0.3 is 10.6 Å². The molecule has 0 aliphatic rings. The minimum atomic E-state index is 0. The van der Waals surface area contributed by atoms with Gasteiger partial charge in [-0.3, -0.25) is 9.98 Å². The average molecular weight is 432 g/mol. The number of nitrogens with zero attached hydrogens (tertiary/aromatic N) is 3. The summed E-state index contributed by atoms with van der Waals surface area (Å²) in [5.41, 5.74) is 2.11. The van der Waals surface area contributed by atoms with E-state index >= 15 is 0 Å². The SMILES string of the molecule is CN=C(NCCc1ccc(Cl)nc1)NCc1ccccn1.I. The third-order valence-electron chi connectivity index (χ3n) is 2.88. The maximum Gasteiger partial charge on any atom is 0.191 e. The number of rotatable bonds is 5. The Balaban J connectivity index is 0.00000242. The van der Waals surface area contributed by atoms with E-state index in [2.05, 4.69) is 25.6 Å². The average Bonchev–Trinajstić information content (AvgIpc) is 2.53. The summed E-state index contributed by atoms with van der Waals surface area (Å²) in [6.45, 7) is 1.41. The van der Waals surface area contributed by atoms with E-state index in [-0.39, 0.29) is 24.0 Å². The minimum absolute atomic E-state index is 0. The Morgan fingerprint density at radius 3 is 2.68 bits per heavy atom. The van der Waals surface area contributed by atoms with E-state index in [0.29, 0.717) is 11.7 Å². The molecule has 0 saturated carbocycles. The van der Waals surface area contributed by atoms with Crippen molar-refractivity contribution in [2.45, 2.75) is 13.0 Å². The number of hydrogen-bond donors (Lipinski definition) is 2. The van der Waals surface area contributed by atoms with E-state index < -0.39 is 0 Å². The zero-order valence-electron chi connectivity index (χ0n) is 12.3. The molecule has 0 fully saturated rings. The molecule has 0 spiro atoms. The van der Waals surface area contributed by atoms with Crippen LogP contribution in [-0.4, -0.2) is 29.5 Å². The molecule has 7 heteroatoms. The zero-order chi connectivity index (χ0) is 14.9. The molecule has 0 unspecified atom stereocenters. The lowest BCUT2D eigenvalue weighted by molar-refractivity contribution is 0.782. The van der Waals surface area contributed by atoms with Crippen LogP contribution in [0.2, 0.25) is 5.15 Å². The molecular formula is C15H19ClIN5. The molecule has 0 amide bonds. The first-order chi connectivity index (χ1) is 10.3. The molecule has 118 valence electrons. The number of hydrogen-bond acceptors (Lipinski definition) is 3. The van der Waals surface area contributed by atoms with Gasteiger partial charge in [0.1, 0.15) is 5.15 Å². The van der Waals surface area contributed by atoms with Crippen molar-refractivity contribution in [2.24, 2.45) is 4.99 Å². The molecule has 2 aromatic rings. The van der Waals surface area contributed by atoms with Crippen LogP contribution >= 0.6 is 35.6 Å². The highest BCUT2D eigenvalue weighted by Gasteiger charge is 1.99. The number of halogens is 2. The highest BCUT2D eigenvalue weighted by Crippen LogP contribution is 2.05. The second kappa shape index (κ2) is 10.3. The van der Waals surface area contributed by atoms with E-state index in [1.807, 2.05) is 24.3 Å². The predicted molar refractivity (Wildman–Crippen MR) is 101 cm³/mol. The summed E-state index contributed by atoms with van der Waals surface area (Å²) in [7, 11) is 1.75. The van der Waals surface area contributed by atoms with Crippen molar-refractivity contribution in [3.8, 4) is 0 Å². The van der Waals surface area contributed by atoms with Gasteiger partial charge in [-0.15, -0.1) is 24.0 Å². The Labute approximate surface area is 152 Å². The first kappa shape index (κ1) is 18.6. The first-order valence-electron chi connectivity index (χ1n) is 6.73. The Morgan fingerprint density at radius 2 is 2.05 bits per heavy atom. The zero-order valence-corrected chi connectivity index (χ0v) is 15.4. The third-order valence-corrected chi connectivity index (χ3v) is 3.11. The molecule has 0 atom stereocenters. The molecule has 0 aromatic carbocycles. The van der Waals surface area contributed by atoms with E-state index in [0.717, 1.165) is 30.2 Å². The summed E-state index contributed by atoms with van der Waals surface area (Å²) < 4.78 is 0. The molecule has 0 saturated heterocycles. The Morgan fingerprint density at radius 1 is 1.18 bits per heavy atom. The number of guanidine groups is 1. The molecule has 0 radical (unpaired) electrons. The number of nitrogens with one attached hydrogen (secondary N) is 2. The summed E-state index contributed by atoms with van der Waals surface area (Å²) in [5, 5.41) is 6.99. The number of pyridine rings is 2. The van der Waals surface area contributed by atoms with Crippen LogP contribution < -0.4 is 10.6 Å². The van der Waals surface area contributed by atoms with Gasteiger partial charge in [-0.25, -0.2) is 4.98 Å². The van der Waals surface area contributed by atoms with Crippen LogP contribution in [0.3, 0.4) is 0 Å². The molecule has 2 aromatic heterocycles. The van der Waals surface area contributed by atoms with E-state index in [1.165, 1.54) is 0 Å². The van der Waals surface area contributed by atoms with Gasteiger partial charge >= 0.3 is 0 Å². The molecular weight excluding hydrogens is 413 g/mol. The fraction of sp³-hybridized carbons (Fsp3) is 0.267. The van der Waals surface area contributed by atoms with Crippen molar-refractivity contribution in [3.05, 3.63) is 59.1 Å².